The highest BCUT2D eigenvalue weighted by atomic mass is 16.4. The fourth-order valence-corrected chi connectivity index (χ4v) is 4.14. The predicted molar refractivity (Wildman–Crippen MR) is 122 cm³/mol. The summed E-state index contributed by atoms with van der Waals surface area (Å²) in [5, 5.41) is 10.8. The van der Waals surface area contributed by atoms with Crippen LogP contribution >= 0.6 is 0 Å². The number of benzene rings is 1. The van der Waals surface area contributed by atoms with Crippen molar-refractivity contribution in [3.05, 3.63) is 48.9 Å². The topological polar surface area (TPSA) is 131 Å². The normalized spacial score (nSPS) is 16.2. The van der Waals surface area contributed by atoms with Gasteiger partial charge in [-0.05, 0) is 31.1 Å². The molecule has 3 aromatic heterocycles. The first-order chi connectivity index (χ1) is 16.1. The summed E-state index contributed by atoms with van der Waals surface area (Å²) in [4.78, 5) is 40.1. The molecule has 1 aliphatic heterocycles. The van der Waals surface area contributed by atoms with E-state index in [1.54, 1.807) is 28.8 Å². The van der Waals surface area contributed by atoms with E-state index in [0.717, 1.165) is 12.8 Å². The lowest BCUT2D eigenvalue weighted by atomic mass is 10.1. The second-order valence-electron chi connectivity index (χ2n) is 7.69. The minimum atomic E-state index is -0.494. The number of carbonyl (C=O) groups excluding carboxylic acids is 2. The molecule has 0 radical (unpaired) electrons. The number of anilines is 2. The van der Waals surface area contributed by atoms with Crippen molar-refractivity contribution in [1.82, 2.24) is 29.6 Å². The maximum atomic E-state index is 13.2. The fraction of sp³-hybridized carbons (Fsp3) is 0.273. The van der Waals surface area contributed by atoms with Crippen molar-refractivity contribution in [1.29, 1.82) is 0 Å². The van der Waals surface area contributed by atoms with E-state index in [9.17, 15) is 9.59 Å². The summed E-state index contributed by atoms with van der Waals surface area (Å²) in [5.74, 6) is -0.147. The third kappa shape index (κ3) is 3.67. The Bertz CT molecular complexity index is 1340. The minimum Gasteiger partial charge on any atom is -0.423 e. The third-order valence-corrected chi connectivity index (χ3v) is 5.68. The van der Waals surface area contributed by atoms with Gasteiger partial charge in [0.05, 0.1) is 11.4 Å². The molecule has 1 aliphatic rings. The number of piperidine rings is 1. The van der Waals surface area contributed by atoms with E-state index in [0.29, 0.717) is 41.0 Å². The van der Waals surface area contributed by atoms with Gasteiger partial charge in [0.25, 0.3) is 5.91 Å². The van der Waals surface area contributed by atoms with Crippen LogP contribution in [-0.2, 0) is 4.79 Å². The van der Waals surface area contributed by atoms with Crippen molar-refractivity contribution in [2.45, 2.75) is 18.9 Å². The quantitative estimate of drug-likeness (QED) is 0.447. The lowest BCUT2D eigenvalue weighted by Gasteiger charge is -2.32. The molecule has 0 aliphatic carbocycles. The summed E-state index contributed by atoms with van der Waals surface area (Å²) in [6.45, 7) is 4.69. The van der Waals surface area contributed by atoms with E-state index in [2.05, 4.69) is 37.3 Å². The smallest absolute Gasteiger partial charge is 0.302 e. The molecule has 33 heavy (non-hydrogen) atoms. The molecule has 5 rings (SSSR count). The monoisotopic (exact) mass is 446 g/mol. The van der Waals surface area contributed by atoms with Gasteiger partial charge in [0.1, 0.15) is 17.7 Å². The van der Waals surface area contributed by atoms with Gasteiger partial charge in [-0.2, -0.15) is 10.1 Å². The van der Waals surface area contributed by atoms with Gasteiger partial charge >= 0.3 is 6.01 Å². The molecule has 1 saturated heterocycles. The second-order valence-corrected chi connectivity index (χ2v) is 7.69. The number of para-hydroxylation sites is 2. The Balaban J connectivity index is 1.53. The van der Waals surface area contributed by atoms with Gasteiger partial charge in [0.15, 0.2) is 16.9 Å². The number of hydrogen-bond acceptors (Lipinski definition) is 8. The molecule has 11 heteroatoms. The van der Waals surface area contributed by atoms with Crippen LogP contribution in [-0.4, -0.2) is 61.6 Å². The van der Waals surface area contributed by atoms with E-state index in [1.807, 2.05) is 12.1 Å². The summed E-state index contributed by atoms with van der Waals surface area (Å²) in [6, 6.07) is 7.17. The number of aromatic nitrogens is 5. The summed E-state index contributed by atoms with van der Waals surface area (Å²) in [5.41, 5.74) is 1.85. The molecule has 0 saturated carbocycles. The molecule has 0 spiro atoms. The van der Waals surface area contributed by atoms with Crippen molar-refractivity contribution in [2.75, 3.05) is 30.8 Å². The van der Waals surface area contributed by atoms with Crippen LogP contribution in [0.15, 0.2) is 47.7 Å². The number of fused-ring (bicyclic) bond motifs is 2. The highest BCUT2D eigenvalue weighted by Crippen LogP contribution is 2.30. The first-order valence-corrected chi connectivity index (χ1v) is 10.6. The number of carbonyl (C=O) groups is 2. The Labute approximate surface area is 188 Å². The van der Waals surface area contributed by atoms with E-state index < -0.39 is 5.91 Å². The number of nitrogens with one attached hydrogen (secondary N) is 2. The highest BCUT2D eigenvalue weighted by molar-refractivity contribution is 6.12. The molecule has 168 valence electrons. The van der Waals surface area contributed by atoms with Crippen LogP contribution in [0.2, 0.25) is 0 Å². The zero-order valence-corrected chi connectivity index (χ0v) is 18.0. The van der Waals surface area contributed by atoms with Crippen molar-refractivity contribution in [2.24, 2.45) is 0 Å². The number of likely N-dealkylation sites (tertiary alicyclic amines) is 1. The van der Waals surface area contributed by atoms with Crippen LogP contribution in [0.4, 0.5) is 11.8 Å². The third-order valence-electron chi connectivity index (χ3n) is 5.68. The van der Waals surface area contributed by atoms with Crippen LogP contribution in [0.1, 0.15) is 29.4 Å². The van der Waals surface area contributed by atoms with Gasteiger partial charge in [-0.1, -0.05) is 18.7 Å². The average molecular weight is 446 g/mol. The van der Waals surface area contributed by atoms with Crippen LogP contribution < -0.4 is 10.6 Å². The molecule has 2 N–H and O–H groups in total. The Morgan fingerprint density at radius 1 is 1.27 bits per heavy atom. The average Bonchev–Trinajstić information content (AvgIpc) is 3.44. The zero-order valence-electron chi connectivity index (χ0n) is 18.0. The second kappa shape index (κ2) is 8.34. The maximum absolute atomic E-state index is 13.2. The molecule has 0 unspecified atom stereocenters. The number of amides is 2. The van der Waals surface area contributed by atoms with Crippen LogP contribution in [0.3, 0.4) is 0 Å². The maximum Gasteiger partial charge on any atom is 0.302 e. The standard InChI is InChI=1S/C22H22N8O3/c1-3-16(31)29-10-6-7-13(11-29)30-20-17(19(23-2)24-12-25-20)18(28-30)21(32)27-22-26-14-8-4-5-9-15(14)33-22/h3-5,8-9,12-13H,1,6-7,10-11H2,2H3,(H,23,24,25)(H,26,27,32)/t13-/m1/s1. The Morgan fingerprint density at radius 3 is 2.91 bits per heavy atom. The minimum absolute atomic E-state index is 0.0761. The molecule has 0 bridgehead atoms. The van der Waals surface area contributed by atoms with E-state index >= 15 is 0 Å². The molecule has 11 nitrogen and oxygen atoms in total. The van der Waals surface area contributed by atoms with Gasteiger partial charge in [0, 0.05) is 20.1 Å². The Kier molecular flexibility index (Phi) is 5.21. The summed E-state index contributed by atoms with van der Waals surface area (Å²) < 4.78 is 7.34. The number of oxazole rings is 1. The van der Waals surface area contributed by atoms with Gasteiger partial charge in [-0.3, -0.25) is 14.9 Å². The van der Waals surface area contributed by atoms with Crippen molar-refractivity contribution < 1.29 is 14.0 Å². The summed E-state index contributed by atoms with van der Waals surface area (Å²) in [7, 11) is 1.71. The fourth-order valence-electron chi connectivity index (χ4n) is 4.14. The Hall–Kier alpha value is -4.28. The molecule has 1 aromatic carbocycles. The van der Waals surface area contributed by atoms with Gasteiger partial charge in [-0.15, -0.1) is 0 Å². The lowest BCUT2D eigenvalue weighted by Crippen LogP contribution is -2.40. The van der Waals surface area contributed by atoms with Crippen molar-refractivity contribution in [3.63, 3.8) is 0 Å². The first kappa shape index (κ1) is 20.6. The molecular weight excluding hydrogens is 424 g/mol. The number of hydrogen-bond donors (Lipinski definition) is 2. The highest BCUT2D eigenvalue weighted by Gasteiger charge is 2.30. The van der Waals surface area contributed by atoms with E-state index in [1.165, 1.54) is 12.4 Å². The Morgan fingerprint density at radius 2 is 2.12 bits per heavy atom. The molecule has 2 amide bonds. The van der Waals surface area contributed by atoms with E-state index in [-0.39, 0.29) is 23.7 Å². The first-order valence-electron chi connectivity index (χ1n) is 10.6. The van der Waals surface area contributed by atoms with Gasteiger partial charge < -0.3 is 14.6 Å². The zero-order chi connectivity index (χ0) is 22.9. The number of rotatable bonds is 5. The predicted octanol–water partition coefficient (Wildman–Crippen LogP) is 2.61. The molecule has 1 fully saturated rings. The number of nitrogens with zero attached hydrogens (tertiary/aromatic N) is 6. The molecular formula is C22H22N8O3. The van der Waals surface area contributed by atoms with Gasteiger partial charge in [0.2, 0.25) is 5.91 Å². The lowest BCUT2D eigenvalue weighted by molar-refractivity contribution is -0.127. The van der Waals surface area contributed by atoms with Crippen LogP contribution in [0.25, 0.3) is 22.1 Å². The van der Waals surface area contributed by atoms with Crippen molar-refractivity contribution >= 4 is 45.8 Å². The SMILES string of the molecule is C=CC(=O)N1CCC[C@@H](n2nc(C(=O)Nc3nc4ccccc4o3)c3c(NC)ncnc32)C1. The summed E-state index contributed by atoms with van der Waals surface area (Å²) in [6.07, 6.45) is 4.33. The molecule has 4 aromatic rings. The van der Waals surface area contributed by atoms with Crippen LogP contribution in [0.5, 0.6) is 0 Å². The van der Waals surface area contributed by atoms with Crippen LogP contribution in [0, 0.1) is 0 Å². The van der Waals surface area contributed by atoms with Gasteiger partial charge in [-0.25, -0.2) is 14.6 Å². The largest absolute Gasteiger partial charge is 0.423 e. The summed E-state index contributed by atoms with van der Waals surface area (Å²) >= 11 is 0. The molecule has 4 heterocycles. The van der Waals surface area contributed by atoms with E-state index in [4.69, 9.17) is 4.42 Å². The molecule has 1 atom stereocenters. The van der Waals surface area contributed by atoms with Crippen molar-refractivity contribution in [3.8, 4) is 0 Å².